The summed E-state index contributed by atoms with van der Waals surface area (Å²) >= 11 is 0. The summed E-state index contributed by atoms with van der Waals surface area (Å²) in [5.74, 6) is -0.584. The van der Waals surface area contributed by atoms with E-state index in [1.807, 2.05) is 30.3 Å². The summed E-state index contributed by atoms with van der Waals surface area (Å²) in [4.78, 5) is 28.7. The predicted octanol–water partition coefficient (Wildman–Crippen LogP) is 3.74. The quantitative estimate of drug-likeness (QED) is 0.833. The molecule has 3 rings (SSSR count). The number of nitrogens with zero attached hydrogens (tertiary/aromatic N) is 2. The van der Waals surface area contributed by atoms with Crippen molar-refractivity contribution in [3.8, 4) is 5.75 Å². The first-order valence-corrected chi connectivity index (χ1v) is 9.66. The second-order valence-corrected chi connectivity index (χ2v) is 7.24. The van der Waals surface area contributed by atoms with Gasteiger partial charge in [-0.1, -0.05) is 24.3 Å². The van der Waals surface area contributed by atoms with Crippen molar-refractivity contribution in [2.24, 2.45) is 5.92 Å². The van der Waals surface area contributed by atoms with Crippen LogP contribution in [0.1, 0.15) is 18.4 Å². The van der Waals surface area contributed by atoms with Gasteiger partial charge in [0.05, 0.1) is 13.0 Å². The molecule has 3 amide bonds. The van der Waals surface area contributed by atoms with Gasteiger partial charge in [0, 0.05) is 32.4 Å². The van der Waals surface area contributed by atoms with Crippen LogP contribution < -0.4 is 10.1 Å². The van der Waals surface area contributed by atoms with Crippen LogP contribution in [0.15, 0.2) is 48.5 Å². The van der Waals surface area contributed by atoms with Crippen LogP contribution in [0, 0.1) is 11.7 Å². The average molecular weight is 399 g/mol. The van der Waals surface area contributed by atoms with Gasteiger partial charge < -0.3 is 19.9 Å². The molecule has 0 saturated carbocycles. The van der Waals surface area contributed by atoms with E-state index < -0.39 is 5.82 Å². The van der Waals surface area contributed by atoms with Gasteiger partial charge in [-0.15, -0.1) is 0 Å². The number of carbonyl (C=O) groups is 2. The van der Waals surface area contributed by atoms with Gasteiger partial charge in [0.2, 0.25) is 5.91 Å². The minimum atomic E-state index is -0.452. The number of para-hydroxylation sites is 1. The Balaban J connectivity index is 1.58. The minimum absolute atomic E-state index is 0.0431. The third-order valence-corrected chi connectivity index (χ3v) is 5.10. The monoisotopic (exact) mass is 399 g/mol. The molecule has 0 bridgehead atoms. The predicted molar refractivity (Wildman–Crippen MR) is 109 cm³/mol. The zero-order valence-corrected chi connectivity index (χ0v) is 16.7. The van der Waals surface area contributed by atoms with E-state index in [-0.39, 0.29) is 23.6 Å². The second kappa shape index (κ2) is 9.41. The molecule has 1 atom stereocenters. The van der Waals surface area contributed by atoms with Crippen molar-refractivity contribution in [2.75, 3.05) is 32.6 Å². The summed E-state index contributed by atoms with van der Waals surface area (Å²) in [5, 5.41) is 2.87. The normalized spacial score (nSPS) is 16.2. The maximum absolute atomic E-state index is 13.9. The highest BCUT2D eigenvalue weighted by Gasteiger charge is 2.30. The van der Waals surface area contributed by atoms with Crippen molar-refractivity contribution in [1.29, 1.82) is 0 Å². The zero-order chi connectivity index (χ0) is 20.8. The summed E-state index contributed by atoms with van der Waals surface area (Å²) in [6.45, 7) is 1.29. The molecule has 0 spiro atoms. The molecule has 1 aliphatic heterocycles. The second-order valence-electron chi connectivity index (χ2n) is 7.24. The van der Waals surface area contributed by atoms with Crippen LogP contribution in [0.25, 0.3) is 0 Å². The molecule has 0 aliphatic carbocycles. The van der Waals surface area contributed by atoms with E-state index in [0.717, 1.165) is 18.5 Å². The smallest absolute Gasteiger partial charge is 0.321 e. The summed E-state index contributed by atoms with van der Waals surface area (Å²) in [7, 11) is 3.12. The third-order valence-electron chi connectivity index (χ3n) is 5.10. The number of hydrogen-bond donors (Lipinski definition) is 1. The fourth-order valence-corrected chi connectivity index (χ4v) is 3.56. The number of amides is 3. The van der Waals surface area contributed by atoms with Crippen molar-refractivity contribution in [3.05, 3.63) is 59.9 Å². The molecular formula is C22H26FN3O3. The number of ether oxygens (including phenoxy) is 1. The van der Waals surface area contributed by atoms with E-state index in [1.54, 1.807) is 29.0 Å². The number of piperidine rings is 1. The van der Waals surface area contributed by atoms with E-state index in [1.165, 1.54) is 13.2 Å². The first-order valence-electron chi connectivity index (χ1n) is 9.66. The van der Waals surface area contributed by atoms with Crippen molar-refractivity contribution in [1.82, 2.24) is 9.80 Å². The van der Waals surface area contributed by atoms with Gasteiger partial charge in [-0.05, 0) is 42.7 Å². The molecular weight excluding hydrogens is 373 g/mol. The van der Waals surface area contributed by atoms with Crippen LogP contribution in [0.2, 0.25) is 0 Å². The maximum Gasteiger partial charge on any atom is 0.321 e. The van der Waals surface area contributed by atoms with Crippen LogP contribution in [0.5, 0.6) is 5.75 Å². The number of benzene rings is 2. The van der Waals surface area contributed by atoms with E-state index in [9.17, 15) is 14.0 Å². The van der Waals surface area contributed by atoms with E-state index >= 15 is 0 Å². The number of hydrogen-bond acceptors (Lipinski definition) is 3. The number of carbonyl (C=O) groups excluding carboxylic acids is 2. The highest BCUT2D eigenvalue weighted by atomic mass is 19.1. The number of urea groups is 1. The van der Waals surface area contributed by atoms with Crippen molar-refractivity contribution in [3.63, 3.8) is 0 Å². The van der Waals surface area contributed by atoms with Gasteiger partial charge in [-0.2, -0.15) is 0 Å². The average Bonchev–Trinajstić information content (AvgIpc) is 2.74. The van der Waals surface area contributed by atoms with Crippen molar-refractivity contribution >= 4 is 17.6 Å². The fraction of sp³-hybridized carbons (Fsp3) is 0.364. The lowest BCUT2D eigenvalue weighted by molar-refractivity contribution is -0.136. The minimum Gasteiger partial charge on any atom is -0.494 e. The van der Waals surface area contributed by atoms with Crippen LogP contribution in [0.3, 0.4) is 0 Å². The first kappa shape index (κ1) is 20.6. The molecule has 6 nitrogen and oxygen atoms in total. The fourth-order valence-electron chi connectivity index (χ4n) is 3.56. The van der Waals surface area contributed by atoms with Gasteiger partial charge in [-0.25, -0.2) is 9.18 Å². The van der Waals surface area contributed by atoms with Crippen molar-refractivity contribution < 1.29 is 18.7 Å². The Hall–Kier alpha value is -3.09. The Bertz CT molecular complexity index is 860. The number of methoxy groups -OCH3 is 1. The Kier molecular flexibility index (Phi) is 6.69. The summed E-state index contributed by atoms with van der Waals surface area (Å²) in [6.07, 6.45) is 1.50. The highest BCUT2D eigenvalue weighted by Crippen LogP contribution is 2.22. The number of nitrogens with one attached hydrogen (secondary N) is 1. The van der Waals surface area contributed by atoms with Crippen LogP contribution in [-0.4, -0.2) is 49.0 Å². The SMILES string of the molecule is COc1ccc(CN(C)C(=O)C2CCCN(C(=O)Nc3ccccc3)C2)cc1F. The van der Waals surface area contributed by atoms with Crippen LogP contribution in [0.4, 0.5) is 14.9 Å². The molecule has 1 fully saturated rings. The van der Waals surface area contributed by atoms with Crippen LogP contribution >= 0.6 is 0 Å². The third kappa shape index (κ3) is 5.25. The lowest BCUT2D eigenvalue weighted by Gasteiger charge is -2.34. The van der Waals surface area contributed by atoms with Gasteiger partial charge in [0.1, 0.15) is 0 Å². The van der Waals surface area contributed by atoms with E-state index in [2.05, 4.69) is 5.32 Å². The van der Waals surface area contributed by atoms with Gasteiger partial charge >= 0.3 is 6.03 Å². The number of halogens is 1. The molecule has 1 unspecified atom stereocenters. The Morgan fingerprint density at radius 1 is 1.24 bits per heavy atom. The molecule has 2 aromatic carbocycles. The standard InChI is InChI=1S/C22H26FN3O3/c1-25(14-16-10-11-20(29-2)19(23)13-16)21(27)17-7-6-12-26(15-17)22(28)24-18-8-4-3-5-9-18/h3-5,8-11,13,17H,6-7,12,14-15H2,1-2H3,(H,24,28). The summed E-state index contributed by atoms with van der Waals surface area (Å²) < 4.78 is 18.8. The maximum atomic E-state index is 13.9. The molecule has 1 aliphatic rings. The molecule has 154 valence electrons. The van der Waals surface area contributed by atoms with Crippen molar-refractivity contribution in [2.45, 2.75) is 19.4 Å². The summed E-state index contributed by atoms with van der Waals surface area (Å²) in [6, 6.07) is 13.7. The lowest BCUT2D eigenvalue weighted by atomic mass is 9.96. The van der Waals surface area contributed by atoms with Gasteiger partial charge in [0.15, 0.2) is 11.6 Å². The topological polar surface area (TPSA) is 61.9 Å². The van der Waals surface area contributed by atoms with E-state index in [4.69, 9.17) is 4.74 Å². The van der Waals surface area contributed by atoms with Gasteiger partial charge in [0.25, 0.3) is 0 Å². The molecule has 0 radical (unpaired) electrons. The zero-order valence-electron chi connectivity index (χ0n) is 16.7. The number of likely N-dealkylation sites (tertiary alicyclic amines) is 1. The first-order chi connectivity index (χ1) is 14.0. The highest BCUT2D eigenvalue weighted by molar-refractivity contribution is 5.90. The summed E-state index contributed by atoms with van der Waals surface area (Å²) in [5.41, 5.74) is 1.42. The largest absolute Gasteiger partial charge is 0.494 e. The van der Waals surface area contributed by atoms with Crippen LogP contribution in [-0.2, 0) is 11.3 Å². The Morgan fingerprint density at radius 3 is 2.69 bits per heavy atom. The lowest BCUT2D eigenvalue weighted by Crippen LogP contribution is -2.47. The Morgan fingerprint density at radius 2 is 2.00 bits per heavy atom. The number of anilines is 1. The van der Waals surface area contributed by atoms with E-state index in [0.29, 0.717) is 25.2 Å². The molecule has 1 N–H and O–H groups in total. The molecule has 2 aromatic rings. The molecule has 0 aromatic heterocycles. The Labute approximate surface area is 170 Å². The molecule has 1 saturated heterocycles. The molecule has 29 heavy (non-hydrogen) atoms. The number of rotatable bonds is 5. The molecule has 7 heteroatoms. The molecule has 1 heterocycles. The van der Waals surface area contributed by atoms with Gasteiger partial charge in [-0.3, -0.25) is 4.79 Å².